The van der Waals surface area contributed by atoms with Gasteiger partial charge in [-0.1, -0.05) is 12.1 Å². The molecular formula is C13H13FN4O. The van der Waals surface area contributed by atoms with Gasteiger partial charge in [0, 0.05) is 13.6 Å². The summed E-state index contributed by atoms with van der Waals surface area (Å²) >= 11 is 0. The summed E-state index contributed by atoms with van der Waals surface area (Å²) in [7, 11) is 1.78. The number of carbonyl (C=O) groups excluding carboxylic acids is 1. The minimum Gasteiger partial charge on any atom is -0.364 e. The van der Waals surface area contributed by atoms with E-state index in [2.05, 4.69) is 9.97 Å². The quantitative estimate of drug-likeness (QED) is 0.900. The topological polar surface area (TPSA) is 72.1 Å². The molecule has 0 unspecified atom stereocenters. The van der Waals surface area contributed by atoms with Crippen molar-refractivity contribution < 1.29 is 9.18 Å². The molecule has 19 heavy (non-hydrogen) atoms. The summed E-state index contributed by atoms with van der Waals surface area (Å²) in [6.45, 7) is 0.453. The zero-order valence-corrected chi connectivity index (χ0v) is 10.4. The molecule has 2 rings (SSSR count). The molecule has 1 aromatic heterocycles. The number of halogens is 1. The van der Waals surface area contributed by atoms with Gasteiger partial charge in [-0.15, -0.1) is 0 Å². The van der Waals surface area contributed by atoms with Gasteiger partial charge in [-0.05, 0) is 17.7 Å². The highest BCUT2D eigenvalue weighted by Gasteiger charge is 2.08. The maximum Gasteiger partial charge on any atom is 0.268 e. The first-order valence-electron chi connectivity index (χ1n) is 5.63. The Kier molecular flexibility index (Phi) is 3.70. The molecule has 2 N–H and O–H groups in total. The summed E-state index contributed by atoms with van der Waals surface area (Å²) < 4.78 is 13.1. The van der Waals surface area contributed by atoms with Crippen LogP contribution in [-0.4, -0.2) is 22.9 Å². The van der Waals surface area contributed by atoms with Crippen molar-refractivity contribution in [3.8, 4) is 0 Å². The highest BCUT2D eigenvalue weighted by molar-refractivity contribution is 5.90. The van der Waals surface area contributed by atoms with Crippen LogP contribution < -0.4 is 10.6 Å². The molecule has 98 valence electrons. The van der Waals surface area contributed by atoms with Gasteiger partial charge in [0.2, 0.25) is 0 Å². The van der Waals surface area contributed by atoms with Crippen molar-refractivity contribution in [2.45, 2.75) is 6.54 Å². The van der Waals surface area contributed by atoms with Crippen LogP contribution in [0.5, 0.6) is 0 Å². The smallest absolute Gasteiger partial charge is 0.268 e. The van der Waals surface area contributed by atoms with Crippen molar-refractivity contribution in [2.75, 3.05) is 11.9 Å². The van der Waals surface area contributed by atoms with Crippen LogP contribution in [0.3, 0.4) is 0 Å². The van der Waals surface area contributed by atoms with Crippen LogP contribution in [0.4, 0.5) is 10.2 Å². The zero-order valence-electron chi connectivity index (χ0n) is 10.4. The standard InChI is InChI=1S/C13H13FN4O/c1-18(8-9-3-2-4-10(14)5-9)12-7-16-6-11(17-12)13(15)19/h2-7H,8H2,1H3,(H2,15,19). The number of primary amides is 1. The number of hydrogen-bond donors (Lipinski definition) is 1. The van der Waals surface area contributed by atoms with Crippen LogP contribution >= 0.6 is 0 Å². The Hall–Kier alpha value is -2.50. The van der Waals surface area contributed by atoms with Crippen molar-refractivity contribution in [2.24, 2.45) is 5.73 Å². The lowest BCUT2D eigenvalue weighted by atomic mass is 10.2. The summed E-state index contributed by atoms with van der Waals surface area (Å²) in [6.07, 6.45) is 2.83. The first kappa shape index (κ1) is 12.9. The molecule has 1 aromatic carbocycles. The van der Waals surface area contributed by atoms with E-state index in [9.17, 15) is 9.18 Å². The minimum absolute atomic E-state index is 0.101. The lowest BCUT2D eigenvalue weighted by molar-refractivity contribution is 0.0995. The van der Waals surface area contributed by atoms with E-state index < -0.39 is 5.91 Å². The minimum atomic E-state index is -0.631. The first-order chi connectivity index (χ1) is 9.06. The Morgan fingerprint density at radius 1 is 1.42 bits per heavy atom. The Morgan fingerprint density at radius 3 is 2.89 bits per heavy atom. The molecular weight excluding hydrogens is 247 g/mol. The molecule has 0 bridgehead atoms. The van der Waals surface area contributed by atoms with E-state index in [-0.39, 0.29) is 11.5 Å². The van der Waals surface area contributed by atoms with Crippen LogP contribution in [0.1, 0.15) is 16.1 Å². The van der Waals surface area contributed by atoms with Crippen molar-refractivity contribution in [3.05, 3.63) is 53.7 Å². The maximum absolute atomic E-state index is 13.1. The highest BCUT2D eigenvalue weighted by atomic mass is 19.1. The summed E-state index contributed by atoms with van der Waals surface area (Å²) in [5.41, 5.74) is 6.05. The first-order valence-corrected chi connectivity index (χ1v) is 5.63. The third-order valence-corrected chi connectivity index (χ3v) is 2.57. The molecule has 1 amide bonds. The average molecular weight is 260 g/mol. The fraction of sp³-hybridized carbons (Fsp3) is 0.154. The summed E-state index contributed by atoms with van der Waals surface area (Å²) in [5, 5.41) is 0. The Labute approximate surface area is 109 Å². The average Bonchev–Trinajstić information content (AvgIpc) is 2.39. The summed E-state index contributed by atoms with van der Waals surface area (Å²) in [6, 6.07) is 6.29. The Balaban J connectivity index is 2.18. The van der Waals surface area contributed by atoms with Gasteiger partial charge in [-0.25, -0.2) is 9.37 Å². The van der Waals surface area contributed by atoms with Crippen LogP contribution in [0.25, 0.3) is 0 Å². The van der Waals surface area contributed by atoms with Gasteiger partial charge >= 0.3 is 0 Å². The van der Waals surface area contributed by atoms with E-state index in [1.54, 1.807) is 18.0 Å². The molecule has 0 aliphatic carbocycles. The van der Waals surface area contributed by atoms with E-state index in [0.29, 0.717) is 12.4 Å². The van der Waals surface area contributed by atoms with Gasteiger partial charge in [-0.3, -0.25) is 9.78 Å². The predicted molar refractivity (Wildman–Crippen MR) is 69.1 cm³/mol. The van der Waals surface area contributed by atoms with E-state index in [1.165, 1.54) is 24.5 Å². The molecule has 0 saturated heterocycles. The molecule has 0 fully saturated rings. The normalized spacial score (nSPS) is 10.2. The van der Waals surface area contributed by atoms with E-state index >= 15 is 0 Å². The van der Waals surface area contributed by atoms with Crippen molar-refractivity contribution in [3.63, 3.8) is 0 Å². The summed E-state index contributed by atoms with van der Waals surface area (Å²) in [5.74, 6) is -0.420. The SMILES string of the molecule is CN(Cc1cccc(F)c1)c1cncc(C(N)=O)n1. The van der Waals surface area contributed by atoms with Crippen molar-refractivity contribution in [1.29, 1.82) is 0 Å². The fourth-order valence-electron chi connectivity index (χ4n) is 1.65. The third-order valence-electron chi connectivity index (χ3n) is 2.57. The number of nitrogens with two attached hydrogens (primary N) is 1. The number of amides is 1. The lowest BCUT2D eigenvalue weighted by Crippen LogP contribution is -2.21. The molecule has 0 spiro atoms. The summed E-state index contributed by atoms with van der Waals surface area (Å²) in [4.78, 5) is 20.8. The van der Waals surface area contributed by atoms with Gasteiger partial charge in [0.05, 0.1) is 12.4 Å². The Bertz CT molecular complexity index is 603. The van der Waals surface area contributed by atoms with Crippen LogP contribution in [0.15, 0.2) is 36.7 Å². The molecule has 5 nitrogen and oxygen atoms in total. The second-order valence-corrected chi connectivity index (χ2v) is 4.11. The largest absolute Gasteiger partial charge is 0.364 e. The van der Waals surface area contributed by atoms with Gasteiger partial charge < -0.3 is 10.6 Å². The number of nitrogens with zero attached hydrogens (tertiary/aromatic N) is 3. The molecule has 6 heteroatoms. The maximum atomic E-state index is 13.1. The van der Waals surface area contributed by atoms with Gasteiger partial charge in [0.25, 0.3) is 5.91 Å². The number of carbonyl (C=O) groups is 1. The molecule has 1 heterocycles. The highest BCUT2D eigenvalue weighted by Crippen LogP contribution is 2.12. The second kappa shape index (κ2) is 5.43. The van der Waals surface area contributed by atoms with Gasteiger partial charge in [0.1, 0.15) is 17.3 Å². The van der Waals surface area contributed by atoms with Crippen molar-refractivity contribution >= 4 is 11.7 Å². The third kappa shape index (κ3) is 3.25. The number of rotatable bonds is 4. The van der Waals surface area contributed by atoms with Crippen LogP contribution in [0, 0.1) is 5.82 Å². The fourth-order valence-corrected chi connectivity index (χ4v) is 1.65. The zero-order chi connectivity index (χ0) is 13.8. The molecule has 0 saturated carbocycles. The van der Waals surface area contributed by atoms with Gasteiger partial charge in [0.15, 0.2) is 0 Å². The lowest BCUT2D eigenvalue weighted by Gasteiger charge is -2.18. The number of anilines is 1. The van der Waals surface area contributed by atoms with Crippen molar-refractivity contribution in [1.82, 2.24) is 9.97 Å². The number of benzene rings is 1. The van der Waals surface area contributed by atoms with Gasteiger partial charge in [-0.2, -0.15) is 0 Å². The predicted octanol–water partition coefficient (Wildman–Crippen LogP) is 1.35. The molecule has 0 aliphatic rings. The molecule has 2 aromatic rings. The Morgan fingerprint density at radius 2 is 2.21 bits per heavy atom. The van der Waals surface area contributed by atoms with Crippen LogP contribution in [-0.2, 0) is 6.54 Å². The van der Waals surface area contributed by atoms with Crippen LogP contribution in [0.2, 0.25) is 0 Å². The van der Waals surface area contributed by atoms with E-state index in [0.717, 1.165) is 5.56 Å². The monoisotopic (exact) mass is 260 g/mol. The second-order valence-electron chi connectivity index (χ2n) is 4.11. The number of aromatic nitrogens is 2. The van der Waals surface area contributed by atoms with E-state index in [4.69, 9.17) is 5.73 Å². The van der Waals surface area contributed by atoms with E-state index in [1.807, 2.05) is 6.07 Å². The molecule has 0 atom stereocenters. The molecule has 0 aliphatic heterocycles. The number of hydrogen-bond acceptors (Lipinski definition) is 4. The molecule has 0 radical (unpaired) electrons.